The predicted molar refractivity (Wildman–Crippen MR) is 82.3 cm³/mol. The first-order valence-electron chi connectivity index (χ1n) is 7.63. The zero-order valence-electron chi connectivity index (χ0n) is 12.9. The second-order valence-corrected chi connectivity index (χ2v) is 5.99. The molecule has 1 aromatic rings. The van der Waals surface area contributed by atoms with Crippen LogP contribution in [0.2, 0.25) is 0 Å². The first-order valence-corrected chi connectivity index (χ1v) is 7.63. The molecule has 1 saturated carbocycles. The number of benzene rings is 1. The molecule has 0 unspecified atom stereocenters. The van der Waals surface area contributed by atoms with Gasteiger partial charge < -0.3 is 15.2 Å². The third-order valence-corrected chi connectivity index (χ3v) is 4.62. The van der Waals surface area contributed by atoms with Crippen LogP contribution in [0.4, 0.5) is 0 Å². The quantitative estimate of drug-likeness (QED) is 0.889. The molecule has 0 spiro atoms. The molecular weight excluding hydrogens is 250 g/mol. The minimum Gasteiger partial charge on any atom is -0.497 e. The molecule has 0 radical (unpaired) electrons. The van der Waals surface area contributed by atoms with E-state index in [0.29, 0.717) is 0 Å². The van der Waals surface area contributed by atoms with Gasteiger partial charge in [-0.15, -0.1) is 0 Å². The molecule has 112 valence electrons. The maximum absolute atomic E-state index is 6.67. The van der Waals surface area contributed by atoms with E-state index in [1.807, 2.05) is 6.07 Å². The van der Waals surface area contributed by atoms with Crippen LogP contribution in [0.1, 0.15) is 51.0 Å². The molecule has 1 aromatic carbocycles. The van der Waals surface area contributed by atoms with Crippen LogP contribution >= 0.6 is 0 Å². The Kier molecular flexibility index (Phi) is 4.92. The molecule has 20 heavy (non-hydrogen) atoms. The fourth-order valence-corrected chi connectivity index (χ4v) is 3.27. The lowest BCUT2D eigenvalue weighted by molar-refractivity contribution is 0.225. The van der Waals surface area contributed by atoms with Crippen LogP contribution in [0.25, 0.3) is 0 Å². The Morgan fingerprint density at radius 2 is 1.65 bits per heavy atom. The molecule has 1 aliphatic carbocycles. The summed E-state index contributed by atoms with van der Waals surface area (Å²) < 4.78 is 10.7. The van der Waals surface area contributed by atoms with Crippen molar-refractivity contribution in [2.45, 2.75) is 51.0 Å². The number of hydrogen-bond donors (Lipinski definition) is 1. The number of methoxy groups -OCH3 is 2. The normalized spacial score (nSPS) is 26.3. The van der Waals surface area contributed by atoms with Crippen LogP contribution in [0, 0.1) is 5.92 Å². The second-order valence-electron chi connectivity index (χ2n) is 5.99. The van der Waals surface area contributed by atoms with Crippen LogP contribution in [0.3, 0.4) is 0 Å². The van der Waals surface area contributed by atoms with Crippen molar-refractivity contribution in [1.29, 1.82) is 0 Å². The molecule has 0 aromatic heterocycles. The van der Waals surface area contributed by atoms with Crippen LogP contribution in [0.5, 0.6) is 11.5 Å². The minimum absolute atomic E-state index is 0.230. The Balaban J connectivity index is 2.18. The van der Waals surface area contributed by atoms with Crippen molar-refractivity contribution in [3.8, 4) is 11.5 Å². The number of nitrogens with two attached hydrogens (primary N) is 1. The van der Waals surface area contributed by atoms with Gasteiger partial charge in [-0.2, -0.15) is 0 Å². The van der Waals surface area contributed by atoms with Gasteiger partial charge in [-0.25, -0.2) is 0 Å². The Bertz CT molecular complexity index is 414. The fraction of sp³-hybridized carbons (Fsp3) is 0.647. The Morgan fingerprint density at radius 3 is 2.10 bits per heavy atom. The van der Waals surface area contributed by atoms with Gasteiger partial charge in [-0.1, -0.05) is 19.8 Å². The van der Waals surface area contributed by atoms with Crippen LogP contribution in [0.15, 0.2) is 18.2 Å². The molecule has 2 rings (SSSR count). The van der Waals surface area contributed by atoms with Crippen molar-refractivity contribution < 1.29 is 9.47 Å². The van der Waals surface area contributed by atoms with Gasteiger partial charge in [-0.3, -0.25) is 0 Å². The lowest BCUT2D eigenvalue weighted by atomic mass is 9.72. The first kappa shape index (κ1) is 15.2. The molecule has 1 aliphatic rings. The Hall–Kier alpha value is -1.22. The summed E-state index contributed by atoms with van der Waals surface area (Å²) in [6, 6.07) is 6.01. The molecular formula is C17H27NO2. The van der Waals surface area contributed by atoms with Crippen LogP contribution in [-0.2, 0) is 5.54 Å². The van der Waals surface area contributed by atoms with Crippen molar-refractivity contribution >= 4 is 0 Å². The van der Waals surface area contributed by atoms with Crippen molar-refractivity contribution in [1.82, 2.24) is 0 Å². The van der Waals surface area contributed by atoms with Gasteiger partial charge in [0.2, 0.25) is 0 Å². The summed E-state index contributed by atoms with van der Waals surface area (Å²) >= 11 is 0. The zero-order chi connectivity index (χ0) is 14.6. The SMILES string of the molecule is CCCC1CCC(N)(c2cc(OC)cc(OC)c2)CC1. The van der Waals surface area contributed by atoms with Crippen molar-refractivity contribution in [2.24, 2.45) is 11.7 Å². The number of rotatable bonds is 5. The molecule has 0 atom stereocenters. The predicted octanol–water partition coefficient (Wildman–Crippen LogP) is 3.85. The lowest BCUT2D eigenvalue weighted by Crippen LogP contribution is -2.40. The van der Waals surface area contributed by atoms with E-state index in [4.69, 9.17) is 15.2 Å². The highest BCUT2D eigenvalue weighted by molar-refractivity contribution is 5.41. The monoisotopic (exact) mass is 277 g/mol. The maximum atomic E-state index is 6.67. The van der Waals surface area contributed by atoms with E-state index in [2.05, 4.69) is 19.1 Å². The Labute approximate surface area is 122 Å². The van der Waals surface area contributed by atoms with Crippen LogP contribution in [-0.4, -0.2) is 14.2 Å². The maximum Gasteiger partial charge on any atom is 0.122 e. The summed E-state index contributed by atoms with van der Waals surface area (Å²) in [5.74, 6) is 2.49. The van der Waals surface area contributed by atoms with Gasteiger partial charge in [0.15, 0.2) is 0 Å². The topological polar surface area (TPSA) is 44.5 Å². The third-order valence-electron chi connectivity index (χ3n) is 4.62. The van der Waals surface area contributed by atoms with Gasteiger partial charge in [0, 0.05) is 11.6 Å². The summed E-state index contributed by atoms with van der Waals surface area (Å²) in [6.07, 6.45) is 7.16. The van der Waals surface area contributed by atoms with E-state index < -0.39 is 0 Å². The van der Waals surface area contributed by atoms with Crippen LogP contribution < -0.4 is 15.2 Å². The average Bonchev–Trinajstić information content (AvgIpc) is 2.49. The highest BCUT2D eigenvalue weighted by Gasteiger charge is 2.33. The first-order chi connectivity index (χ1) is 9.61. The molecule has 2 N–H and O–H groups in total. The third kappa shape index (κ3) is 3.26. The zero-order valence-corrected chi connectivity index (χ0v) is 12.9. The molecule has 3 heteroatoms. The van der Waals surface area contributed by atoms with Gasteiger partial charge >= 0.3 is 0 Å². The molecule has 3 nitrogen and oxygen atoms in total. The van der Waals surface area contributed by atoms with Gasteiger partial charge in [0.05, 0.1) is 14.2 Å². The summed E-state index contributed by atoms with van der Waals surface area (Å²) in [5.41, 5.74) is 7.59. The van der Waals surface area contributed by atoms with Gasteiger partial charge in [-0.05, 0) is 49.3 Å². The summed E-state index contributed by atoms with van der Waals surface area (Å²) in [4.78, 5) is 0. The number of hydrogen-bond acceptors (Lipinski definition) is 3. The average molecular weight is 277 g/mol. The molecule has 0 amide bonds. The summed E-state index contributed by atoms with van der Waals surface area (Å²) in [6.45, 7) is 2.26. The van der Waals surface area contributed by atoms with E-state index in [0.717, 1.165) is 35.8 Å². The Morgan fingerprint density at radius 1 is 1.10 bits per heavy atom. The lowest BCUT2D eigenvalue weighted by Gasteiger charge is -2.38. The van der Waals surface area contributed by atoms with Gasteiger partial charge in [0.25, 0.3) is 0 Å². The molecule has 0 saturated heterocycles. The second kappa shape index (κ2) is 6.49. The minimum atomic E-state index is -0.230. The highest BCUT2D eigenvalue weighted by atomic mass is 16.5. The largest absolute Gasteiger partial charge is 0.497 e. The van der Waals surface area contributed by atoms with Crippen molar-refractivity contribution in [2.75, 3.05) is 14.2 Å². The van der Waals surface area contributed by atoms with E-state index in [1.54, 1.807) is 14.2 Å². The van der Waals surface area contributed by atoms with E-state index in [1.165, 1.54) is 25.7 Å². The standard InChI is InChI=1S/C17H27NO2/c1-4-5-13-6-8-17(18,9-7-13)14-10-15(19-2)12-16(11-14)20-3/h10-13H,4-9,18H2,1-3H3. The molecule has 1 fully saturated rings. The van der Waals surface area contributed by atoms with E-state index in [-0.39, 0.29) is 5.54 Å². The van der Waals surface area contributed by atoms with Gasteiger partial charge in [0.1, 0.15) is 11.5 Å². The smallest absolute Gasteiger partial charge is 0.122 e. The van der Waals surface area contributed by atoms with Crippen molar-refractivity contribution in [3.05, 3.63) is 23.8 Å². The summed E-state index contributed by atoms with van der Waals surface area (Å²) in [7, 11) is 3.36. The molecule has 0 heterocycles. The number of ether oxygens (including phenoxy) is 2. The molecule has 0 bridgehead atoms. The van der Waals surface area contributed by atoms with Crippen molar-refractivity contribution in [3.63, 3.8) is 0 Å². The van der Waals surface area contributed by atoms with E-state index in [9.17, 15) is 0 Å². The van der Waals surface area contributed by atoms with E-state index >= 15 is 0 Å². The summed E-state index contributed by atoms with van der Waals surface area (Å²) in [5, 5.41) is 0. The molecule has 0 aliphatic heterocycles. The highest BCUT2D eigenvalue weighted by Crippen LogP contribution is 2.41. The fourth-order valence-electron chi connectivity index (χ4n) is 3.27.